The minimum atomic E-state index is -0.423. The third kappa shape index (κ3) is 4.45. The Labute approximate surface area is 141 Å². The van der Waals surface area contributed by atoms with E-state index in [2.05, 4.69) is 5.32 Å². The van der Waals surface area contributed by atoms with Gasteiger partial charge in [0.1, 0.15) is 11.9 Å². The Morgan fingerprint density at radius 1 is 1.26 bits per heavy atom. The Morgan fingerprint density at radius 3 is 2.52 bits per heavy atom. The van der Waals surface area contributed by atoms with Crippen LogP contribution in [0.4, 0.5) is 10.1 Å². The van der Waals surface area contributed by atoms with E-state index in [1.165, 1.54) is 11.0 Å². The predicted octanol–water partition coefficient (Wildman–Crippen LogP) is 4.25. The Hall–Kier alpha value is -2.07. The molecular formula is C18H20ClFN2O. The molecule has 1 N–H and O–H groups in total. The summed E-state index contributed by atoms with van der Waals surface area (Å²) in [5.74, 6) is -0.541. The highest BCUT2D eigenvalue weighted by molar-refractivity contribution is 6.31. The van der Waals surface area contributed by atoms with E-state index < -0.39 is 11.9 Å². The van der Waals surface area contributed by atoms with Gasteiger partial charge in [-0.15, -0.1) is 0 Å². The second-order valence-electron chi connectivity index (χ2n) is 5.63. The van der Waals surface area contributed by atoms with Crippen molar-refractivity contribution in [3.05, 3.63) is 64.4 Å². The van der Waals surface area contributed by atoms with Gasteiger partial charge < -0.3 is 10.2 Å². The van der Waals surface area contributed by atoms with Gasteiger partial charge in [-0.2, -0.15) is 0 Å². The van der Waals surface area contributed by atoms with Crippen LogP contribution in [0.1, 0.15) is 18.1 Å². The Morgan fingerprint density at radius 2 is 1.91 bits per heavy atom. The third-order valence-electron chi connectivity index (χ3n) is 3.64. The molecule has 0 radical (unpaired) electrons. The van der Waals surface area contributed by atoms with Crippen molar-refractivity contribution in [2.75, 3.05) is 12.4 Å². The minimum Gasteiger partial charge on any atom is -0.374 e. The summed E-state index contributed by atoms with van der Waals surface area (Å²) in [6, 6.07) is 11.9. The standard InChI is InChI=1S/C18H20ClFN2O/c1-12-7-9-14(10-8-12)21-13(2)18(23)22(3)11-15-16(19)5-4-6-17(15)20/h4-10,13,21H,11H2,1-3H3. The number of carbonyl (C=O) groups is 1. The lowest BCUT2D eigenvalue weighted by Gasteiger charge is -2.23. The number of aryl methyl sites for hydroxylation is 1. The summed E-state index contributed by atoms with van der Waals surface area (Å²) in [5, 5.41) is 3.47. The van der Waals surface area contributed by atoms with Gasteiger partial charge in [-0.25, -0.2) is 4.39 Å². The maximum Gasteiger partial charge on any atom is 0.244 e. The van der Waals surface area contributed by atoms with Crippen LogP contribution in [0.25, 0.3) is 0 Å². The number of nitrogens with zero attached hydrogens (tertiary/aromatic N) is 1. The number of likely N-dealkylation sites (N-methyl/N-ethyl adjacent to an activating group) is 1. The molecule has 0 aromatic heterocycles. The van der Waals surface area contributed by atoms with E-state index >= 15 is 0 Å². The van der Waals surface area contributed by atoms with Gasteiger partial charge in [0.15, 0.2) is 0 Å². The first-order valence-electron chi connectivity index (χ1n) is 7.39. The van der Waals surface area contributed by atoms with E-state index in [1.807, 2.05) is 31.2 Å². The molecule has 23 heavy (non-hydrogen) atoms. The number of anilines is 1. The molecule has 1 amide bonds. The monoisotopic (exact) mass is 334 g/mol. The van der Waals surface area contributed by atoms with Crippen LogP contribution in [0.3, 0.4) is 0 Å². The van der Waals surface area contributed by atoms with Crippen molar-refractivity contribution >= 4 is 23.2 Å². The third-order valence-corrected chi connectivity index (χ3v) is 3.99. The molecule has 2 rings (SSSR count). The lowest BCUT2D eigenvalue weighted by molar-refractivity contribution is -0.130. The van der Waals surface area contributed by atoms with Gasteiger partial charge >= 0.3 is 0 Å². The fourth-order valence-electron chi connectivity index (χ4n) is 2.29. The summed E-state index contributed by atoms with van der Waals surface area (Å²) in [5.41, 5.74) is 2.35. The van der Waals surface area contributed by atoms with Crippen molar-refractivity contribution in [3.8, 4) is 0 Å². The number of halogens is 2. The summed E-state index contributed by atoms with van der Waals surface area (Å²) >= 11 is 6.01. The first kappa shape index (κ1) is 17.3. The Bertz CT molecular complexity index is 668. The predicted molar refractivity (Wildman–Crippen MR) is 92.1 cm³/mol. The van der Waals surface area contributed by atoms with Gasteiger partial charge in [0, 0.05) is 29.9 Å². The molecule has 0 aliphatic heterocycles. The van der Waals surface area contributed by atoms with Crippen molar-refractivity contribution in [2.24, 2.45) is 0 Å². The number of rotatable bonds is 5. The molecule has 2 aromatic carbocycles. The summed E-state index contributed by atoms with van der Waals surface area (Å²) in [4.78, 5) is 13.9. The molecule has 0 heterocycles. The van der Waals surface area contributed by atoms with E-state index in [0.29, 0.717) is 10.6 Å². The van der Waals surface area contributed by atoms with Crippen LogP contribution in [-0.2, 0) is 11.3 Å². The Balaban J connectivity index is 2.02. The molecule has 0 saturated heterocycles. The zero-order valence-electron chi connectivity index (χ0n) is 13.4. The Kier molecular flexibility index (Phi) is 5.61. The highest BCUT2D eigenvalue weighted by Gasteiger charge is 2.19. The van der Waals surface area contributed by atoms with Crippen LogP contribution < -0.4 is 5.32 Å². The molecule has 0 aliphatic rings. The van der Waals surface area contributed by atoms with Crippen molar-refractivity contribution < 1.29 is 9.18 Å². The average Bonchev–Trinajstić information content (AvgIpc) is 2.52. The first-order valence-corrected chi connectivity index (χ1v) is 7.77. The first-order chi connectivity index (χ1) is 10.9. The van der Waals surface area contributed by atoms with Crippen LogP contribution >= 0.6 is 11.6 Å². The van der Waals surface area contributed by atoms with Crippen molar-refractivity contribution in [1.29, 1.82) is 0 Å². The second kappa shape index (κ2) is 7.47. The van der Waals surface area contributed by atoms with E-state index in [-0.39, 0.29) is 12.5 Å². The van der Waals surface area contributed by atoms with E-state index in [0.717, 1.165) is 11.3 Å². The highest BCUT2D eigenvalue weighted by Crippen LogP contribution is 2.21. The SMILES string of the molecule is Cc1ccc(NC(C)C(=O)N(C)Cc2c(F)cccc2Cl)cc1. The smallest absolute Gasteiger partial charge is 0.244 e. The number of hydrogen-bond donors (Lipinski definition) is 1. The fourth-order valence-corrected chi connectivity index (χ4v) is 2.51. The van der Waals surface area contributed by atoms with Crippen molar-refractivity contribution in [2.45, 2.75) is 26.4 Å². The molecule has 122 valence electrons. The van der Waals surface area contributed by atoms with Gasteiger partial charge in [-0.05, 0) is 38.1 Å². The zero-order chi connectivity index (χ0) is 17.0. The minimum absolute atomic E-state index is 0.129. The summed E-state index contributed by atoms with van der Waals surface area (Å²) in [7, 11) is 1.64. The number of hydrogen-bond acceptors (Lipinski definition) is 2. The van der Waals surface area contributed by atoms with Crippen LogP contribution in [0.2, 0.25) is 5.02 Å². The zero-order valence-corrected chi connectivity index (χ0v) is 14.2. The lowest BCUT2D eigenvalue weighted by Crippen LogP contribution is -2.38. The normalized spacial score (nSPS) is 11.9. The van der Waals surface area contributed by atoms with Crippen molar-refractivity contribution in [3.63, 3.8) is 0 Å². The van der Waals surface area contributed by atoms with Crippen LogP contribution in [0, 0.1) is 12.7 Å². The van der Waals surface area contributed by atoms with Gasteiger partial charge in [-0.3, -0.25) is 4.79 Å². The molecule has 0 bridgehead atoms. The van der Waals surface area contributed by atoms with E-state index in [9.17, 15) is 9.18 Å². The molecule has 2 aromatic rings. The van der Waals surface area contributed by atoms with Gasteiger partial charge in [0.2, 0.25) is 5.91 Å². The second-order valence-corrected chi connectivity index (χ2v) is 6.03. The number of nitrogens with one attached hydrogen (secondary N) is 1. The molecular weight excluding hydrogens is 315 g/mol. The molecule has 3 nitrogen and oxygen atoms in total. The number of amides is 1. The highest BCUT2D eigenvalue weighted by atomic mass is 35.5. The lowest BCUT2D eigenvalue weighted by atomic mass is 10.1. The molecule has 0 saturated carbocycles. The van der Waals surface area contributed by atoms with Crippen LogP contribution in [0.5, 0.6) is 0 Å². The quantitative estimate of drug-likeness (QED) is 0.886. The average molecular weight is 335 g/mol. The van der Waals surface area contributed by atoms with E-state index in [4.69, 9.17) is 11.6 Å². The number of carbonyl (C=O) groups excluding carboxylic acids is 1. The largest absolute Gasteiger partial charge is 0.374 e. The van der Waals surface area contributed by atoms with Gasteiger partial charge in [0.05, 0.1) is 0 Å². The molecule has 1 unspecified atom stereocenters. The van der Waals surface area contributed by atoms with Gasteiger partial charge in [-0.1, -0.05) is 35.4 Å². The molecule has 0 aliphatic carbocycles. The molecule has 0 spiro atoms. The maximum absolute atomic E-state index is 13.8. The molecule has 1 atom stereocenters. The van der Waals surface area contributed by atoms with Crippen molar-refractivity contribution in [1.82, 2.24) is 4.90 Å². The molecule has 0 fully saturated rings. The van der Waals surface area contributed by atoms with E-state index in [1.54, 1.807) is 26.1 Å². The molecule has 5 heteroatoms. The number of benzene rings is 2. The summed E-state index contributed by atoms with van der Waals surface area (Å²) < 4.78 is 13.8. The topological polar surface area (TPSA) is 32.3 Å². The van der Waals surface area contributed by atoms with Crippen LogP contribution in [-0.4, -0.2) is 23.9 Å². The van der Waals surface area contributed by atoms with Crippen LogP contribution in [0.15, 0.2) is 42.5 Å². The maximum atomic E-state index is 13.8. The van der Waals surface area contributed by atoms with Gasteiger partial charge in [0.25, 0.3) is 0 Å². The summed E-state index contributed by atoms with van der Waals surface area (Å²) in [6.45, 7) is 3.91. The summed E-state index contributed by atoms with van der Waals surface area (Å²) in [6.07, 6.45) is 0. The fraction of sp³-hybridized carbons (Fsp3) is 0.278.